The van der Waals surface area contributed by atoms with Gasteiger partial charge in [0.05, 0.1) is 6.10 Å². The van der Waals surface area contributed by atoms with Crippen molar-refractivity contribution in [2.45, 2.75) is 37.8 Å². The highest BCUT2D eigenvalue weighted by molar-refractivity contribution is 5.93. The first-order chi connectivity index (χ1) is 8.15. The number of primary amides is 1. The first-order valence-corrected chi connectivity index (χ1v) is 5.91. The maximum absolute atomic E-state index is 11.0. The lowest BCUT2D eigenvalue weighted by Crippen LogP contribution is -2.28. The van der Waals surface area contributed by atoms with Crippen LogP contribution in [0.2, 0.25) is 0 Å². The van der Waals surface area contributed by atoms with E-state index in [1.807, 2.05) is 0 Å². The monoisotopic (exact) mass is 233 g/mol. The Morgan fingerprint density at radius 2 is 2.12 bits per heavy atom. The standard InChI is InChI=1S/C13H17N2O2/c14-13(17)9-2-1-3-11(8-9)15-10-4-6-12(16)7-5-10/h1-2,8,10,12,15-16H,4-7H2,(H2,14,17). The fourth-order valence-corrected chi connectivity index (χ4v) is 2.14. The van der Waals surface area contributed by atoms with Gasteiger partial charge in [-0.3, -0.25) is 4.79 Å². The van der Waals surface area contributed by atoms with Crippen molar-refractivity contribution in [1.29, 1.82) is 0 Å². The predicted octanol–water partition coefficient (Wildman–Crippen LogP) is 1.30. The van der Waals surface area contributed by atoms with Crippen molar-refractivity contribution in [3.8, 4) is 0 Å². The topological polar surface area (TPSA) is 75.4 Å². The first-order valence-electron chi connectivity index (χ1n) is 5.91. The average molecular weight is 233 g/mol. The van der Waals surface area contributed by atoms with Gasteiger partial charge in [0.1, 0.15) is 0 Å². The number of benzene rings is 1. The summed E-state index contributed by atoms with van der Waals surface area (Å²) in [4.78, 5) is 11.0. The Hall–Kier alpha value is -1.55. The van der Waals surface area contributed by atoms with Gasteiger partial charge in [0.2, 0.25) is 5.91 Å². The van der Waals surface area contributed by atoms with E-state index >= 15 is 0 Å². The van der Waals surface area contributed by atoms with Crippen molar-refractivity contribution in [2.24, 2.45) is 5.73 Å². The van der Waals surface area contributed by atoms with Crippen LogP contribution in [-0.4, -0.2) is 23.2 Å². The highest BCUT2D eigenvalue weighted by Gasteiger charge is 2.19. The summed E-state index contributed by atoms with van der Waals surface area (Å²) >= 11 is 0. The number of rotatable bonds is 3. The van der Waals surface area contributed by atoms with Crippen LogP contribution in [0.4, 0.5) is 5.69 Å². The highest BCUT2D eigenvalue weighted by atomic mass is 16.3. The molecule has 0 saturated heterocycles. The van der Waals surface area contributed by atoms with Crippen LogP contribution in [0.5, 0.6) is 0 Å². The molecule has 17 heavy (non-hydrogen) atoms. The molecule has 91 valence electrons. The van der Waals surface area contributed by atoms with E-state index in [1.165, 1.54) is 0 Å². The summed E-state index contributed by atoms with van der Waals surface area (Å²) in [5, 5.41) is 12.7. The number of carbonyl (C=O) groups excluding carboxylic acids is 1. The van der Waals surface area contributed by atoms with E-state index in [4.69, 9.17) is 5.73 Å². The van der Waals surface area contributed by atoms with Crippen LogP contribution < -0.4 is 11.1 Å². The Morgan fingerprint density at radius 1 is 1.41 bits per heavy atom. The second kappa shape index (κ2) is 5.19. The van der Waals surface area contributed by atoms with Gasteiger partial charge in [0.15, 0.2) is 0 Å². The molecule has 1 aromatic rings. The number of hydrogen-bond donors (Lipinski definition) is 3. The molecule has 4 heteroatoms. The molecule has 0 atom stereocenters. The third-order valence-electron chi connectivity index (χ3n) is 3.14. The Labute approximate surface area is 101 Å². The summed E-state index contributed by atoms with van der Waals surface area (Å²) in [5.74, 6) is -0.430. The minimum Gasteiger partial charge on any atom is -0.393 e. The summed E-state index contributed by atoms with van der Waals surface area (Å²) in [7, 11) is 0. The summed E-state index contributed by atoms with van der Waals surface area (Å²) in [6.07, 6.45) is 3.38. The minimum absolute atomic E-state index is 0.158. The van der Waals surface area contributed by atoms with Crippen molar-refractivity contribution in [2.75, 3.05) is 5.32 Å². The zero-order chi connectivity index (χ0) is 12.3. The van der Waals surface area contributed by atoms with Gasteiger partial charge in [0.25, 0.3) is 0 Å². The summed E-state index contributed by atoms with van der Waals surface area (Å²) < 4.78 is 0. The van der Waals surface area contributed by atoms with E-state index in [1.54, 1.807) is 18.2 Å². The van der Waals surface area contributed by atoms with E-state index in [0.29, 0.717) is 11.6 Å². The number of amides is 1. The molecule has 0 unspecified atom stereocenters. The number of anilines is 1. The van der Waals surface area contributed by atoms with E-state index in [2.05, 4.69) is 11.4 Å². The van der Waals surface area contributed by atoms with Gasteiger partial charge in [0, 0.05) is 23.4 Å². The van der Waals surface area contributed by atoms with Crippen LogP contribution in [0.3, 0.4) is 0 Å². The van der Waals surface area contributed by atoms with Crippen LogP contribution in [0.25, 0.3) is 0 Å². The van der Waals surface area contributed by atoms with Gasteiger partial charge in [-0.1, -0.05) is 6.07 Å². The van der Waals surface area contributed by atoms with Gasteiger partial charge < -0.3 is 16.2 Å². The smallest absolute Gasteiger partial charge is 0.248 e. The highest BCUT2D eigenvalue weighted by Crippen LogP contribution is 2.22. The molecule has 0 bridgehead atoms. The predicted molar refractivity (Wildman–Crippen MR) is 65.7 cm³/mol. The van der Waals surface area contributed by atoms with E-state index in [9.17, 15) is 9.90 Å². The minimum atomic E-state index is -0.430. The van der Waals surface area contributed by atoms with E-state index in [-0.39, 0.29) is 6.10 Å². The van der Waals surface area contributed by atoms with Crippen LogP contribution >= 0.6 is 0 Å². The van der Waals surface area contributed by atoms with Crippen molar-refractivity contribution in [3.63, 3.8) is 0 Å². The lowest BCUT2D eigenvalue weighted by molar-refractivity contribution is 0.100. The second-order valence-corrected chi connectivity index (χ2v) is 4.51. The third-order valence-corrected chi connectivity index (χ3v) is 3.14. The summed E-state index contributed by atoms with van der Waals surface area (Å²) in [6.45, 7) is 0. The third kappa shape index (κ3) is 3.20. The molecule has 1 aliphatic rings. The molecule has 0 spiro atoms. The average Bonchev–Trinajstić information content (AvgIpc) is 2.32. The maximum Gasteiger partial charge on any atom is 0.248 e. The number of aliphatic hydroxyl groups excluding tert-OH is 1. The molecule has 4 nitrogen and oxygen atoms in total. The number of hydrogen-bond acceptors (Lipinski definition) is 3. The van der Waals surface area contributed by atoms with E-state index in [0.717, 1.165) is 31.4 Å². The normalized spacial score (nSPS) is 24.3. The quantitative estimate of drug-likeness (QED) is 0.736. The molecule has 0 heterocycles. The molecule has 1 amide bonds. The van der Waals surface area contributed by atoms with E-state index < -0.39 is 5.91 Å². The van der Waals surface area contributed by atoms with Gasteiger partial charge in [-0.15, -0.1) is 0 Å². The Balaban J connectivity index is 1.98. The molecule has 2 rings (SSSR count). The zero-order valence-electron chi connectivity index (χ0n) is 9.65. The maximum atomic E-state index is 11.0. The van der Waals surface area contributed by atoms with Crippen molar-refractivity contribution in [1.82, 2.24) is 0 Å². The number of carbonyl (C=O) groups is 1. The molecule has 0 aromatic heterocycles. The molecule has 1 radical (unpaired) electrons. The molecular weight excluding hydrogens is 216 g/mol. The van der Waals surface area contributed by atoms with Crippen molar-refractivity contribution >= 4 is 11.6 Å². The summed E-state index contributed by atoms with van der Waals surface area (Å²) in [6, 6.07) is 8.45. The number of aliphatic hydroxyl groups is 1. The molecule has 0 aliphatic heterocycles. The van der Waals surface area contributed by atoms with Crippen LogP contribution in [0.15, 0.2) is 18.2 Å². The second-order valence-electron chi connectivity index (χ2n) is 4.51. The fourth-order valence-electron chi connectivity index (χ4n) is 2.14. The molecule has 1 aromatic carbocycles. The zero-order valence-corrected chi connectivity index (χ0v) is 9.65. The lowest BCUT2D eigenvalue weighted by Gasteiger charge is -2.27. The Bertz CT molecular complexity index is 398. The molecule has 1 fully saturated rings. The molecule has 4 N–H and O–H groups in total. The molecule has 1 saturated carbocycles. The number of nitrogens with two attached hydrogens (primary N) is 1. The Kier molecular flexibility index (Phi) is 3.64. The van der Waals surface area contributed by atoms with Crippen molar-refractivity contribution < 1.29 is 9.90 Å². The van der Waals surface area contributed by atoms with Crippen LogP contribution in [-0.2, 0) is 0 Å². The SMILES string of the molecule is NC(=O)c1cc[c]c(NC2CCC(O)CC2)c1. The van der Waals surface area contributed by atoms with Crippen LogP contribution in [0.1, 0.15) is 36.0 Å². The lowest BCUT2D eigenvalue weighted by atomic mass is 9.93. The fraction of sp³-hybridized carbons (Fsp3) is 0.462. The van der Waals surface area contributed by atoms with Gasteiger partial charge in [-0.25, -0.2) is 0 Å². The van der Waals surface area contributed by atoms with Crippen LogP contribution in [0, 0.1) is 6.07 Å². The first kappa shape index (κ1) is 11.9. The van der Waals surface area contributed by atoms with Gasteiger partial charge in [-0.2, -0.15) is 0 Å². The molecular formula is C13H17N2O2. The summed E-state index contributed by atoms with van der Waals surface area (Å²) in [5.41, 5.74) is 6.50. The molecule has 1 aliphatic carbocycles. The Morgan fingerprint density at radius 3 is 2.76 bits per heavy atom. The number of nitrogens with one attached hydrogen (secondary N) is 1. The van der Waals surface area contributed by atoms with Crippen molar-refractivity contribution in [3.05, 3.63) is 29.8 Å². The van der Waals surface area contributed by atoms with Gasteiger partial charge >= 0.3 is 0 Å². The van der Waals surface area contributed by atoms with Gasteiger partial charge in [-0.05, 0) is 37.8 Å². The largest absolute Gasteiger partial charge is 0.393 e.